The van der Waals surface area contributed by atoms with Crippen molar-refractivity contribution in [2.75, 3.05) is 11.9 Å². The molecule has 6 rings (SSSR count). The first kappa shape index (κ1) is 13.1. The summed E-state index contributed by atoms with van der Waals surface area (Å²) < 4.78 is 6.24. The maximum Gasteiger partial charge on any atom is 0.237 e. The van der Waals surface area contributed by atoms with Gasteiger partial charge in [-0.3, -0.25) is 4.79 Å². The Kier molecular flexibility index (Phi) is 2.57. The van der Waals surface area contributed by atoms with E-state index in [4.69, 9.17) is 4.74 Å². The first-order valence-electron chi connectivity index (χ1n) is 8.52. The minimum absolute atomic E-state index is 0.0264. The number of benzene rings is 1. The number of hydrogen-bond donors (Lipinski definition) is 2. The van der Waals surface area contributed by atoms with Crippen LogP contribution in [0.4, 0.5) is 5.69 Å². The third-order valence-corrected chi connectivity index (χ3v) is 6.58. The number of amides is 1. The second kappa shape index (κ2) is 4.33. The number of fused-ring (bicyclic) bond motifs is 2. The van der Waals surface area contributed by atoms with E-state index in [9.17, 15) is 4.79 Å². The summed E-state index contributed by atoms with van der Waals surface area (Å²) in [6.07, 6.45) is 3.07. The quantitative estimate of drug-likeness (QED) is 0.834. The molecule has 1 aromatic rings. The Hall–Kier alpha value is -1.39. The molecule has 0 radical (unpaired) electrons. The van der Waals surface area contributed by atoms with Crippen LogP contribution in [-0.4, -0.2) is 30.7 Å². The Morgan fingerprint density at radius 1 is 1.32 bits per heavy atom. The van der Waals surface area contributed by atoms with Gasteiger partial charge >= 0.3 is 0 Å². The second-order valence-corrected chi connectivity index (χ2v) is 7.35. The lowest BCUT2D eigenvalue weighted by atomic mass is 9.71. The van der Waals surface area contributed by atoms with Gasteiger partial charge in [-0.2, -0.15) is 0 Å². The largest absolute Gasteiger partial charge is 0.376 e. The van der Waals surface area contributed by atoms with Gasteiger partial charge in [-0.15, -0.1) is 0 Å². The van der Waals surface area contributed by atoms with Gasteiger partial charge in [-0.25, -0.2) is 0 Å². The summed E-state index contributed by atoms with van der Waals surface area (Å²) in [5.74, 6) is 1.37. The molecule has 116 valence electrons. The molecule has 3 saturated heterocycles. The molecule has 2 N–H and O–H groups in total. The first-order chi connectivity index (χ1) is 10.7. The zero-order valence-electron chi connectivity index (χ0n) is 12.8. The van der Waals surface area contributed by atoms with E-state index in [1.165, 1.54) is 6.42 Å². The van der Waals surface area contributed by atoms with Crippen LogP contribution in [-0.2, 0) is 14.9 Å². The van der Waals surface area contributed by atoms with Crippen molar-refractivity contribution in [2.45, 2.75) is 49.8 Å². The molecule has 1 amide bonds. The number of nitrogens with one attached hydrogen (secondary N) is 2. The Bertz CT molecular complexity index is 646. The Labute approximate surface area is 130 Å². The van der Waals surface area contributed by atoms with Crippen molar-refractivity contribution < 1.29 is 9.53 Å². The summed E-state index contributed by atoms with van der Waals surface area (Å²) >= 11 is 0. The Balaban J connectivity index is 1.64. The Morgan fingerprint density at radius 3 is 3.05 bits per heavy atom. The Morgan fingerprint density at radius 2 is 2.18 bits per heavy atom. The second-order valence-electron chi connectivity index (χ2n) is 7.35. The molecule has 4 nitrogen and oxygen atoms in total. The zero-order chi connectivity index (χ0) is 14.9. The van der Waals surface area contributed by atoms with E-state index in [-0.39, 0.29) is 12.0 Å². The van der Waals surface area contributed by atoms with Crippen molar-refractivity contribution in [3.05, 3.63) is 29.8 Å². The van der Waals surface area contributed by atoms with Gasteiger partial charge in [0.1, 0.15) is 5.41 Å². The molecule has 4 bridgehead atoms. The number of rotatable bonds is 1. The molecule has 1 aliphatic carbocycles. The van der Waals surface area contributed by atoms with E-state index >= 15 is 0 Å². The third kappa shape index (κ3) is 1.43. The summed E-state index contributed by atoms with van der Waals surface area (Å²) in [5.41, 5.74) is 1.63. The molecule has 5 aliphatic rings. The SMILES string of the molecule is CC[C@@H]1N[C@@H]2C[C@]3(C(=O)Nc4ccccc43)[C@@H]3C[C@H]1[C@H]2CO3. The minimum Gasteiger partial charge on any atom is -0.376 e. The highest BCUT2D eigenvalue weighted by molar-refractivity contribution is 6.07. The van der Waals surface area contributed by atoms with Gasteiger partial charge in [-0.1, -0.05) is 25.1 Å². The van der Waals surface area contributed by atoms with E-state index in [1.807, 2.05) is 18.2 Å². The predicted molar refractivity (Wildman–Crippen MR) is 83.7 cm³/mol. The van der Waals surface area contributed by atoms with Crippen molar-refractivity contribution in [2.24, 2.45) is 11.8 Å². The van der Waals surface area contributed by atoms with Crippen LogP contribution in [0.2, 0.25) is 0 Å². The fraction of sp³-hybridized carbons (Fsp3) is 0.611. The average molecular weight is 298 g/mol. The zero-order valence-corrected chi connectivity index (χ0v) is 12.8. The first-order valence-corrected chi connectivity index (χ1v) is 8.52. The smallest absolute Gasteiger partial charge is 0.237 e. The lowest BCUT2D eigenvalue weighted by Crippen LogP contribution is -2.51. The van der Waals surface area contributed by atoms with Crippen molar-refractivity contribution in [1.82, 2.24) is 5.32 Å². The van der Waals surface area contributed by atoms with Crippen LogP contribution >= 0.6 is 0 Å². The van der Waals surface area contributed by atoms with Crippen molar-refractivity contribution in [3.8, 4) is 0 Å². The van der Waals surface area contributed by atoms with Gasteiger partial charge in [0.05, 0.1) is 12.7 Å². The molecule has 0 aromatic heterocycles. The highest BCUT2D eigenvalue weighted by Crippen LogP contribution is 2.55. The molecule has 1 saturated carbocycles. The van der Waals surface area contributed by atoms with Crippen LogP contribution in [0.15, 0.2) is 24.3 Å². The lowest BCUT2D eigenvalue weighted by Gasteiger charge is -2.40. The molecule has 6 atom stereocenters. The van der Waals surface area contributed by atoms with E-state index in [1.54, 1.807) is 0 Å². The number of anilines is 1. The van der Waals surface area contributed by atoms with Crippen molar-refractivity contribution >= 4 is 11.6 Å². The monoisotopic (exact) mass is 298 g/mol. The van der Waals surface area contributed by atoms with Crippen LogP contribution in [0.3, 0.4) is 0 Å². The lowest BCUT2D eigenvalue weighted by molar-refractivity contribution is -0.130. The van der Waals surface area contributed by atoms with Gasteiger partial charge in [0, 0.05) is 23.7 Å². The van der Waals surface area contributed by atoms with Crippen LogP contribution < -0.4 is 10.6 Å². The maximum atomic E-state index is 13.0. The fourth-order valence-electron chi connectivity index (χ4n) is 5.55. The van der Waals surface area contributed by atoms with E-state index in [0.717, 1.165) is 30.7 Å². The summed E-state index contributed by atoms with van der Waals surface area (Å²) in [6.45, 7) is 3.07. The molecule has 4 fully saturated rings. The molecule has 4 heterocycles. The molecule has 22 heavy (non-hydrogen) atoms. The normalized spacial score (nSPS) is 45.0. The van der Waals surface area contributed by atoms with Gasteiger partial charge in [0.25, 0.3) is 0 Å². The average Bonchev–Trinajstić information content (AvgIpc) is 2.92. The van der Waals surface area contributed by atoms with E-state index in [2.05, 4.69) is 23.6 Å². The van der Waals surface area contributed by atoms with Gasteiger partial charge in [0.2, 0.25) is 5.91 Å². The number of carbonyl (C=O) groups is 1. The summed E-state index contributed by atoms with van der Waals surface area (Å²) in [5, 5.41) is 6.92. The molecule has 1 spiro atoms. The fourth-order valence-corrected chi connectivity index (χ4v) is 5.55. The highest BCUT2D eigenvalue weighted by atomic mass is 16.5. The molecule has 1 aromatic carbocycles. The van der Waals surface area contributed by atoms with Crippen molar-refractivity contribution in [3.63, 3.8) is 0 Å². The number of hydrogen-bond acceptors (Lipinski definition) is 3. The van der Waals surface area contributed by atoms with Crippen LogP contribution in [0, 0.1) is 11.8 Å². The van der Waals surface area contributed by atoms with Crippen LogP contribution in [0.5, 0.6) is 0 Å². The summed E-state index contributed by atoms with van der Waals surface area (Å²) in [7, 11) is 0. The summed E-state index contributed by atoms with van der Waals surface area (Å²) in [4.78, 5) is 13.0. The summed E-state index contributed by atoms with van der Waals surface area (Å²) in [6, 6.07) is 9.15. The molecule has 4 heteroatoms. The highest BCUT2D eigenvalue weighted by Gasteiger charge is 2.62. The predicted octanol–water partition coefficient (Wildman–Crippen LogP) is 2.05. The van der Waals surface area contributed by atoms with E-state index in [0.29, 0.717) is 23.9 Å². The van der Waals surface area contributed by atoms with E-state index < -0.39 is 5.41 Å². The van der Waals surface area contributed by atoms with Gasteiger partial charge in [-0.05, 0) is 36.8 Å². The van der Waals surface area contributed by atoms with Crippen LogP contribution in [0.25, 0.3) is 0 Å². The number of ether oxygens (including phenoxy) is 1. The van der Waals surface area contributed by atoms with Gasteiger partial charge in [0.15, 0.2) is 0 Å². The topological polar surface area (TPSA) is 50.4 Å². The number of para-hydroxylation sites is 1. The van der Waals surface area contributed by atoms with Crippen LogP contribution in [0.1, 0.15) is 31.7 Å². The molecular formula is C18H22N2O2. The molecule has 4 aliphatic heterocycles. The maximum absolute atomic E-state index is 13.0. The third-order valence-electron chi connectivity index (χ3n) is 6.58. The standard InChI is InChI=1S/C18H22N2O2/c1-2-13-10-7-16-18(8-15(19-13)11(10)9-22-16)12-5-3-4-6-14(12)20-17(18)21/h3-6,10-11,13,15-16,19H,2,7-9H2,1H3,(H,20,21)/t10-,11+,13-,15+,16-,18+/m0/s1. The molecule has 0 unspecified atom stereocenters. The molecular weight excluding hydrogens is 276 g/mol. The van der Waals surface area contributed by atoms with Crippen molar-refractivity contribution in [1.29, 1.82) is 0 Å². The van der Waals surface area contributed by atoms with Gasteiger partial charge < -0.3 is 15.4 Å². The minimum atomic E-state index is -0.490. The number of carbonyl (C=O) groups excluding carboxylic acids is 1.